The molecule has 0 aliphatic carbocycles. The van der Waals surface area contributed by atoms with E-state index in [1.165, 1.54) is 7.11 Å². The second-order valence-electron chi connectivity index (χ2n) is 4.41. The highest BCUT2D eigenvalue weighted by atomic mass is 35.5. The zero-order chi connectivity index (χ0) is 12.3. The third-order valence-corrected chi connectivity index (χ3v) is 3.54. The van der Waals surface area contributed by atoms with E-state index in [-0.39, 0.29) is 29.6 Å². The van der Waals surface area contributed by atoms with Crippen molar-refractivity contribution in [1.29, 1.82) is 0 Å². The number of rotatable bonds is 3. The van der Waals surface area contributed by atoms with Crippen molar-refractivity contribution in [2.75, 3.05) is 26.1 Å². The number of alkyl halides is 1. The molecular formula is C11H18ClNO3. The van der Waals surface area contributed by atoms with E-state index in [1.54, 1.807) is 11.8 Å². The van der Waals surface area contributed by atoms with Crippen molar-refractivity contribution in [2.45, 2.75) is 13.8 Å². The number of halogens is 1. The molecule has 16 heavy (non-hydrogen) atoms. The number of esters is 1. The van der Waals surface area contributed by atoms with Gasteiger partial charge in [0.1, 0.15) is 0 Å². The summed E-state index contributed by atoms with van der Waals surface area (Å²) in [5, 5.41) is 0. The summed E-state index contributed by atoms with van der Waals surface area (Å²) in [6.07, 6.45) is 0. The van der Waals surface area contributed by atoms with Crippen molar-refractivity contribution in [3.63, 3.8) is 0 Å². The molecule has 0 aromatic rings. The first-order valence-corrected chi connectivity index (χ1v) is 5.97. The molecule has 4 nitrogen and oxygen atoms in total. The molecule has 0 aromatic carbocycles. The quantitative estimate of drug-likeness (QED) is 0.555. The van der Waals surface area contributed by atoms with Gasteiger partial charge >= 0.3 is 5.97 Å². The Morgan fingerprint density at radius 2 is 2.12 bits per heavy atom. The lowest BCUT2D eigenvalue weighted by molar-refractivity contribution is -0.146. The summed E-state index contributed by atoms with van der Waals surface area (Å²) in [5.74, 6) is -0.137. The molecule has 3 atom stereocenters. The van der Waals surface area contributed by atoms with Gasteiger partial charge in [-0.05, 0) is 5.92 Å². The Balaban J connectivity index is 2.62. The number of ether oxygens (including phenoxy) is 1. The Labute approximate surface area is 101 Å². The fraction of sp³-hybridized carbons (Fsp3) is 0.818. The molecule has 1 rings (SSSR count). The van der Waals surface area contributed by atoms with Crippen LogP contribution in [0.25, 0.3) is 0 Å². The van der Waals surface area contributed by atoms with E-state index in [4.69, 9.17) is 16.3 Å². The molecule has 1 saturated heterocycles. The second kappa shape index (κ2) is 5.53. The summed E-state index contributed by atoms with van der Waals surface area (Å²) in [5.41, 5.74) is 0. The first kappa shape index (κ1) is 13.3. The maximum atomic E-state index is 11.9. The highest BCUT2D eigenvalue weighted by molar-refractivity contribution is 6.19. The van der Waals surface area contributed by atoms with Gasteiger partial charge in [-0.2, -0.15) is 0 Å². The number of nitrogens with zero attached hydrogens (tertiary/aromatic N) is 1. The Bertz CT molecular complexity index is 282. The van der Waals surface area contributed by atoms with Crippen molar-refractivity contribution in [3.8, 4) is 0 Å². The van der Waals surface area contributed by atoms with Crippen LogP contribution in [0.3, 0.4) is 0 Å². The van der Waals surface area contributed by atoms with Crippen LogP contribution in [0.15, 0.2) is 0 Å². The van der Waals surface area contributed by atoms with Crippen LogP contribution in [0.1, 0.15) is 13.8 Å². The molecule has 92 valence electrons. The van der Waals surface area contributed by atoms with Gasteiger partial charge in [0, 0.05) is 24.9 Å². The topological polar surface area (TPSA) is 46.6 Å². The maximum absolute atomic E-state index is 11.9. The monoisotopic (exact) mass is 247 g/mol. The summed E-state index contributed by atoms with van der Waals surface area (Å²) in [4.78, 5) is 25.0. The molecule has 0 bridgehead atoms. The van der Waals surface area contributed by atoms with Crippen molar-refractivity contribution in [3.05, 3.63) is 0 Å². The minimum atomic E-state index is -0.235. The third kappa shape index (κ3) is 2.67. The van der Waals surface area contributed by atoms with Crippen LogP contribution in [0.5, 0.6) is 0 Å². The van der Waals surface area contributed by atoms with Gasteiger partial charge in [0.25, 0.3) is 0 Å². The van der Waals surface area contributed by atoms with Crippen LogP contribution in [-0.4, -0.2) is 42.9 Å². The van der Waals surface area contributed by atoms with E-state index in [9.17, 15) is 9.59 Å². The number of carbonyl (C=O) groups is 2. The number of carbonyl (C=O) groups excluding carboxylic acids is 2. The Kier molecular flexibility index (Phi) is 4.59. The van der Waals surface area contributed by atoms with E-state index in [0.717, 1.165) is 0 Å². The summed E-state index contributed by atoms with van der Waals surface area (Å²) in [6.45, 7) is 4.82. The van der Waals surface area contributed by atoms with Gasteiger partial charge in [-0.25, -0.2) is 0 Å². The molecule has 0 spiro atoms. The standard InChI is InChI=1S/C11H18ClNO3/c1-7(4-12)10(14)13-5-8(2)9(6-13)11(15)16-3/h7-9H,4-6H2,1-3H3. The largest absolute Gasteiger partial charge is 0.469 e. The van der Waals surface area contributed by atoms with Gasteiger partial charge < -0.3 is 9.64 Å². The molecule has 0 radical (unpaired) electrons. The van der Waals surface area contributed by atoms with Crippen LogP contribution < -0.4 is 0 Å². The lowest BCUT2D eigenvalue weighted by Crippen LogP contribution is -2.34. The maximum Gasteiger partial charge on any atom is 0.310 e. The number of likely N-dealkylation sites (tertiary alicyclic amines) is 1. The van der Waals surface area contributed by atoms with Gasteiger partial charge in [-0.15, -0.1) is 11.6 Å². The summed E-state index contributed by atoms with van der Waals surface area (Å²) >= 11 is 5.65. The van der Waals surface area contributed by atoms with Gasteiger partial charge in [-0.1, -0.05) is 13.8 Å². The Hall–Kier alpha value is -0.770. The van der Waals surface area contributed by atoms with Gasteiger partial charge in [0.15, 0.2) is 0 Å². The van der Waals surface area contributed by atoms with E-state index in [1.807, 2.05) is 6.92 Å². The molecule has 0 saturated carbocycles. The predicted octanol–water partition coefficient (Wildman–Crippen LogP) is 1.13. The molecule has 1 amide bonds. The molecule has 1 aliphatic heterocycles. The zero-order valence-electron chi connectivity index (χ0n) is 9.90. The molecule has 1 aliphatic rings. The van der Waals surface area contributed by atoms with Crippen LogP contribution >= 0.6 is 11.6 Å². The molecule has 1 fully saturated rings. The number of hydrogen-bond acceptors (Lipinski definition) is 3. The molecular weight excluding hydrogens is 230 g/mol. The predicted molar refractivity (Wildman–Crippen MR) is 61.1 cm³/mol. The third-order valence-electron chi connectivity index (χ3n) is 3.08. The summed E-state index contributed by atoms with van der Waals surface area (Å²) in [7, 11) is 1.38. The number of amides is 1. The number of methoxy groups -OCH3 is 1. The average Bonchev–Trinajstić information content (AvgIpc) is 2.68. The lowest BCUT2D eigenvalue weighted by atomic mass is 9.99. The normalized spacial score (nSPS) is 26.6. The Morgan fingerprint density at radius 1 is 1.50 bits per heavy atom. The average molecular weight is 248 g/mol. The molecule has 1 heterocycles. The van der Waals surface area contributed by atoms with E-state index < -0.39 is 0 Å². The van der Waals surface area contributed by atoms with Gasteiger partial charge in [-0.3, -0.25) is 9.59 Å². The molecule has 5 heteroatoms. The molecule has 0 aromatic heterocycles. The van der Waals surface area contributed by atoms with E-state index in [0.29, 0.717) is 19.0 Å². The second-order valence-corrected chi connectivity index (χ2v) is 4.71. The van der Waals surface area contributed by atoms with E-state index >= 15 is 0 Å². The lowest BCUT2D eigenvalue weighted by Gasteiger charge is -2.19. The molecule has 0 N–H and O–H groups in total. The minimum absolute atomic E-state index is 0.0215. The number of hydrogen-bond donors (Lipinski definition) is 0. The van der Waals surface area contributed by atoms with Crippen LogP contribution in [0, 0.1) is 17.8 Å². The van der Waals surface area contributed by atoms with Gasteiger partial charge in [0.05, 0.1) is 13.0 Å². The van der Waals surface area contributed by atoms with Crippen molar-refractivity contribution < 1.29 is 14.3 Å². The Morgan fingerprint density at radius 3 is 2.62 bits per heavy atom. The first-order valence-electron chi connectivity index (χ1n) is 5.43. The van der Waals surface area contributed by atoms with Gasteiger partial charge in [0.2, 0.25) is 5.91 Å². The summed E-state index contributed by atoms with van der Waals surface area (Å²) < 4.78 is 4.72. The van der Waals surface area contributed by atoms with E-state index in [2.05, 4.69) is 0 Å². The summed E-state index contributed by atoms with van der Waals surface area (Å²) in [6, 6.07) is 0. The van der Waals surface area contributed by atoms with Crippen molar-refractivity contribution in [1.82, 2.24) is 4.90 Å². The zero-order valence-corrected chi connectivity index (χ0v) is 10.7. The molecule has 3 unspecified atom stereocenters. The minimum Gasteiger partial charge on any atom is -0.469 e. The van der Waals surface area contributed by atoms with Crippen molar-refractivity contribution >= 4 is 23.5 Å². The fourth-order valence-electron chi connectivity index (χ4n) is 1.98. The van der Waals surface area contributed by atoms with Crippen LogP contribution in [0.4, 0.5) is 0 Å². The van der Waals surface area contributed by atoms with Crippen LogP contribution in [0.2, 0.25) is 0 Å². The SMILES string of the molecule is COC(=O)C1CN(C(=O)C(C)CCl)CC1C. The van der Waals surface area contributed by atoms with Crippen LogP contribution in [-0.2, 0) is 14.3 Å². The smallest absolute Gasteiger partial charge is 0.310 e. The van der Waals surface area contributed by atoms with Crippen molar-refractivity contribution in [2.24, 2.45) is 17.8 Å². The highest BCUT2D eigenvalue weighted by Crippen LogP contribution is 2.25. The highest BCUT2D eigenvalue weighted by Gasteiger charge is 2.38. The first-order chi connectivity index (χ1) is 7.51. The fourth-order valence-corrected chi connectivity index (χ4v) is 2.11.